The summed E-state index contributed by atoms with van der Waals surface area (Å²) in [6.07, 6.45) is 1.05. The highest BCUT2D eigenvalue weighted by Crippen LogP contribution is 2.33. The van der Waals surface area contributed by atoms with Gasteiger partial charge in [0.25, 0.3) is 0 Å². The van der Waals surface area contributed by atoms with Crippen LogP contribution in [0.15, 0.2) is 29.6 Å². The van der Waals surface area contributed by atoms with Crippen molar-refractivity contribution >= 4 is 34.3 Å². The number of rotatable bonds is 6. The monoisotopic (exact) mass is 328 g/mol. The van der Waals surface area contributed by atoms with Crippen LogP contribution in [0.2, 0.25) is 4.34 Å². The Bertz CT molecular complexity index is 522. The van der Waals surface area contributed by atoms with Crippen molar-refractivity contribution in [3.05, 3.63) is 43.7 Å². The molecule has 0 amide bonds. The molecule has 0 saturated carbocycles. The average molecular weight is 329 g/mol. The molecule has 0 aliphatic carbocycles. The number of likely N-dealkylation sites (N-methyl/N-ethyl adjacent to an activating group) is 1. The molecule has 3 unspecified atom stereocenters. The molecule has 0 fully saturated rings. The van der Waals surface area contributed by atoms with Gasteiger partial charge in [-0.2, -0.15) is 0 Å². The molecule has 3 atom stereocenters. The van der Waals surface area contributed by atoms with Crippen LogP contribution in [0.3, 0.4) is 0 Å². The van der Waals surface area contributed by atoms with Gasteiger partial charge in [-0.05, 0) is 50.9 Å². The highest BCUT2D eigenvalue weighted by molar-refractivity contribution is 7.16. The summed E-state index contributed by atoms with van der Waals surface area (Å²) in [5.41, 5.74) is 6.21. The first-order valence-electron chi connectivity index (χ1n) is 6.74. The average Bonchev–Trinajstić information content (AvgIpc) is 3.01. The summed E-state index contributed by atoms with van der Waals surface area (Å²) in [5, 5.41) is 2.13. The summed E-state index contributed by atoms with van der Waals surface area (Å²) >= 11 is 9.51. The Morgan fingerprint density at radius 1 is 1.30 bits per heavy atom. The van der Waals surface area contributed by atoms with Gasteiger partial charge in [0.1, 0.15) is 0 Å². The zero-order chi connectivity index (χ0) is 14.7. The zero-order valence-electron chi connectivity index (χ0n) is 12.0. The van der Waals surface area contributed by atoms with E-state index in [9.17, 15) is 0 Å². The van der Waals surface area contributed by atoms with Gasteiger partial charge < -0.3 is 5.73 Å². The maximum absolute atomic E-state index is 6.21. The predicted molar refractivity (Wildman–Crippen MR) is 91.0 cm³/mol. The van der Waals surface area contributed by atoms with Crippen LogP contribution in [0.25, 0.3) is 0 Å². The largest absolute Gasteiger partial charge is 0.326 e. The molecular weight excluding hydrogens is 308 g/mol. The quantitative estimate of drug-likeness (QED) is 0.850. The van der Waals surface area contributed by atoms with Crippen molar-refractivity contribution in [3.8, 4) is 0 Å². The van der Waals surface area contributed by atoms with Crippen molar-refractivity contribution in [2.45, 2.75) is 38.4 Å². The fourth-order valence-corrected chi connectivity index (χ4v) is 4.61. The lowest BCUT2D eigenvalue weighted by Crippen LogP contribution is -2.42. The van der Waals surface area contributed by atoms with E-state index in [1.54, 1.807) is 11.3 Å². The number of nitrogens with zero attached hydrogens (tertiary/aromatic N) is 1. The number of thiophene rings is 2. The molecule has 0 spiro atoms. The van der Waals surface area contributed by atoms with Gasteiger partial charge in [-0.25, -0.2) is 0 Å². The van der Waals surface area contributed by atoms with Gasteiger partial charge in [-0.1, -0.05) is 17.7 Å². The number of hydrogen-bond acceptors (Lipinski definition) is 4. The summed E-state index contributed by atoms with van der Waals surface area (Å²) in [5.74, 6) is 0. The standard InChI is InChI=1S/C15H21ClN2S2/c1-10(9-12-5-4-8-19-12)18(3)15(11(2)17)13-6-7-14(16)20-13/h4-8,10-11,15H,9,17H2,1-3H3. The van der Waals surface area contributed by atoms with E-state index in [2.05, 4.69) is 49.4 Å². The Morgan fingerprint density at radius 2 is 2.05 bits per heavy atom. The lowest BCUT2D eigenvalue weighted by molar-refractivity contribution is 0.167. The fraction of sp³-hybridized carbons (Fsp3) is 0.467. The van der Waals surface area contributed by atoms with Gasteiger partial charge in [0.15, 0.2) is 0 Å². The summed E-state index contributed by atoms with van der Waals surface area (Å²) in [6, 6.07) is 9.06. The van der Waals surface area contributed by atoms with Crippen molar-refractivity contribution in [1.29, 1.82) is 0 Å². The highest BCUT2D eigenvalue weighted by Gasteiger charge is 2.26. The second-order valence-electron chi connectivity index (χ2n) is 5.24. The van der Waals surface area contributed by atoms with Crippen molar-refractivity contribution in [2.24, 2.45) is 5.73 Å². The number of hydrogen-bond donors (Lipinski definition) is 1. The van der Waals surface area contributed by atoms with Crippen LogP contribution >= 0.6 is 34.3 Å². The first kappa shape index (κ1) is 16.0. The zero-order valence-corrected chi connectivity index (χ0v) is 14.4. The van der Waals surface area contributed by atoms with E-state index in [1.807, 2.05) is 17.4 Å². The van der Waals surface area contributed by atoms with Crippen LogP contribution in [-0.4, -0.2) is 24.0 Å². The highest BCUT2D eigenvalue weighted by atomic mass is 35.5. The van der Waals surface area contributed by atoms with Crippen molar-refractivity contribution in [2.75, 3.05) is 7.05 Å². The molecule has 20 heavy (non-hydrogen) atoms. The van der Waals surface area contributed by atoms with E-state index in [0.29, 0.717) is 6.04 Å². The second kappa shape index (κ2) is 7.05. The Morgan fingerprint density at radius 3 is 2.55 bits per heavy atom. The van der Waals surface area contributed by atoms with Crippen LogP contribution in [0.4, 0.5) is 0 Å². The second-order valence-corrected chi connectivity index (χ2v) is 8.02. The molecular formula is C15H21ClN2S2. The number of nitrogens with two attached hydrogens (primary N) is 1. The molecule has 2 nitrogen and oxygen atoms in total. The van der Waals surface area contributed by atoms with Crippen molar-refractivity contribution in [3.63, 3.8) is 0 Å². The summed E-state index contributed by atoms with van der Waals surface area (Å²) in [4.78, 5) is 5.02. The summed E-state index contributed by atoms with van der Waals surface area (Å²) in [7, 11) is 2.15. The van der Waals surface area contributed by atoms with Gasteiger partial charge in [0.2, 0.25) is 0 Å². The molecule has 0 bridgehead atoms. The van der Waals surface area contributed by atoms with E-state index in [1.165, 1.54) is 9.75 Å². The molecule has 0 saturated heterocycles. The first-order valence-corrected chi connectivity index (χ1v) is 8.81. The van der Waals surface area contributed by atoms with Gasteiger partial charge in [-0.3, -0.25) is 4.90 Å². The van der Waals surface area contributed by atoms with Crippen LogP contribution < -0.4 is 5.73 Å². The topological polar surface area (TPSA) is 29.3 Å². The molecule has 2 rings (SSSR count). The van der Waals surface area contributed by atoms with Crippen LogP contribution in [0, 0.1) is 0 Å². The normalized spacial score (nSPS) is 16.3. The Hall–Kier alpha value is -0.390. The molecule has 0 radical (unpaired) electrons. The SMILES string of the molecule is CC(N)C(c1ccc(Cl)s1)N(C)C(C)Cc1cccs1. The van der Waals surface area contributed by atoms with Gasteiger partial charge in [0, 0.05) is 21.8 Å². The molecule has 0 aliphatic rings. The molecule has 0 aromatic carbocycles. The van der Waals surface area contributed by atoms with Gasteiger partial charge in [0.05, 0.1) is 10.4 Å². The minimum absolute atomic E-state index is 0.0699. The Balaban J connectivity index is 2.12. The lowest BCUT2D eigenvalue weighted by atomic mass is 10.0. The minimum atomic E-state index is 0.0699. The summed E-state index contributed by atoms with van der Waals surface area (Å²) < 4.78 is 0.824. The van der Waals surface area contributed by atoms with E-state index < -0.39 is 0 Å². The van der Waals surface area contributed by atoms with Crippen molar-refractivity contribution < 1.29 is 0 Å². The third kappa shape index (κ3) is 3.83. The molecule has 110 valence electrons. The van der Waals surface area contributed by atoms with Crippen LogP contribution in [0.5, 0.6) is 0 Å². The smallest absolute Gasteiger partial charge is 0.0931 e. The lowest BCUT2D eigenvalue weighted by Gasteiger charge is -2.35. The Labute approximate surface area is 134 Å². The van der Waals surface area contributed by atoms with Crippen molar-refractivity contribution in [1.82, 2.24) is 4.90 Å². The van der Waals surface area contributed by atoms with E-state index in [0.717, 1.165) is 10.8 Å². The van der Waals surface area contributed by atoms with E-state index >= 15 is 0 Å². The fourth-order valence-electron chi connectivity index (χ4n) is 2.46. The first-order chi connectivity index (χ1) is 9.49. The van der Waals surface area contributed by atoms with E-state index in [-0.39, 0.29) is 12.1 Å². The molecule has 0 aliphatic heterocycles. The third-order valence-electron chi connectivity index (χ3n) is 3.59. The van der Waals surface area contributed by atoms with Crippen LogP contribution in [0.1, 0.15) is 29.6 Å². The molecule has 2 aromatic rings. The molecule has 2 heterocycles. The predicted octanol–water partition coefficient (Wildman–Crippen LogP) is 4.41. The molecule has 2 N–H and O–H groups in total. The number of halogens is 1. The van der Waals surface area contributed by atoms with Gasteiger partial charge in [-0.15, -0.1) is 22.7 Å². The van der Waals surface area contributed by atoms with Gasteiger partial charge >= 0.3 is 0 Å². The van der Waals surface area contributed by atoms with E-state index in [4.69, 9.17) is 17.3 Å². The molecule has 2 aromatic heterocycles. The molecule has 5 heteroatoms. The maximum Gasteiger partial charge on any atom is 0.0931 e. The van der Waals surface area contributed by atoms with Crippen LogP contribution in [-0.2, 0) is 6.42 Å². The Kier molecular flexibility index (Phi) is 5.64. The maximum atomic E-state index is 6.21. The minimum Gasteiger partial charge on any atom is -0.326 e. The third-order valence-corrected chi connectivity index (χ3v) is 5.79. The summed E-state index contributed by atoms with van der Waals surface area (Å²) in [6.45, 7) is 4.32.